The highest BCUT2D eigenvalue weighted by atomic mass is 32.2. The molecule has 1 atom stereocenters. The van der Waals surface area contributed by atoms with Gasteiger partial charge in [0.2, 0.25) is 5.78 Å². The summed E-state index contributed by atoms with van der Waals surface area (Å²) in [7, 11) is 0. The molecule has 0 N–H and O–H groups in total. The summed E-state index contributed by atoms with van der Waals surface area (Å²) in [4.78, 5) is 12.4. The molecule has 2 aromatic carbocycles. The fourth-order valence-electron chi connectivity index (χ4n) is 2.26. The second kappa shape index (κ2) is 6.79. The lowest BCUT2D eigenvalue weighted by molar-refractivity contribution is -0.171. The first kappa shape index (κ1) is 17.6. The van der Waals surface area contributed by atoms with Crippen LogP contribution in [-0.4, -0.2) is 12.0 Å². The number of halogens is 3. The van der Waals surface area contributed by atoms with Gasteiger partial charge >= 0.3 is 6.18 Å². The summed E-state index contributed by atoms with van der Waals surface area (Å²) >= 11 is 1.28. The Kier molecular flexibility index (Phi) is 5.19. The first-order chi connectivity index (χ1) is 10.7. The maximum atomic E-state index is 12.7. The van der Waals surface area contributed by atoms with Crippen molar-refractivity contribution in [2.45, 2.75) is 36.1 Å². The molecule has 0 saturated heterocycles. The zero-order valence-corrected chi connectivity index (χ0v) is 13.7. The van der Waals surface area contributed by atoms with E-state index in [1.807, 2.05) is 31.2 Å². The smallest absolute Gasteiger partial charge is 0.290 e. The third-order valence-electron chi connectivity index (χ3n) is 3.56. The molecular formula is C18H17F3OS. The van der Waals surface area contributed by atoms with Crippen LogP contribution in [0.1, 0.15) is 24.5 Å². The van der Waals surface area contributed by atoms with Gasteiger partial charge in [-0.25, -0.2) is 0 Å². The van der Waals surface area contributed by atoms with Crippen LogP contribution in [0.25, 0.3) is 0 Å². The number of aryl methyl sites for hydroxylation is 1. The highest BCUT2D eigenvalue weighted by Crippen LogP contribution is 2.45. The number of hydrogen-bond acceptors (Lipinski definition) is 2. The van der Waals surface area contributed by atoms with Crippen molar-refractivity contribution in [3.8, 4) is 0 Å². The molecule has 0 aliphatic carbocycles. The quantitative estimate of drug-likeness (QED) is 0.667. The number of carbonyl (C=O) groups excluding carboxylic acids is 1. The minimum Gasteiger partial charge on any atom is -0.290 e. The summed E-state index contributed by atoms with van der Waals surface area (Å²) < 4.78 is 37.2. The van der Waals surface area contributed by atoms with Gasteiger partial charge in [0.25, 0.3) is 0 Å². The first-order valence-electron chi connectivity index (χ1n) is 7.12. The molecule has 2 aromatic rings. The van der Waals surface area contributed by atoms with E-state index in [2.05, 4.69) is 0 Å². The summed E-state index contributed by atoms with van der Waals surface area (Å²) in [6.45, 7) is 3.62. The van der Waals surface area contributed by atoms with Crippen molar-refractivity contribution in [2.75, 3.05) is 0 Å². The number of thioether (sulfide) groups is 1. The molecule has 2 rings (SSSR count). The average molecular weight is 338 g/mol. The van der Waals surface area contributed by atoms with Crippen LogP contribution < -0.4 is 0 Å². The van der Waals surface area contributed by atoms with Gasteiger partial charge in [0, 0.05) is 16.1 Å². The van der Waals surface area contributed by atoms with E-state index in [9.17, 15) is 18.0 Å². The normalized spacial score (nSPS) is 14.3. The third kappa shape index (κ3) is 4.61. The van der Waals surface area contributed by atoms with Gasteiger partial charge in [-0.1, -0.05) is 48.0 Å². The molecule has 122 valence electrons. The Labute approximate surface area is 137 Å². The van der Waals surface area contributed by atoms with Gasteiger partial charge in [-0.3, -0.25) is 4.79 Å². The van der Waals surface area contributed by atoms with Crippen molar-refractivity contribution >= 4 is 17.5 Å². The fraction of sp³-hybridized carbons (Fsp3) is 0.278. The number of rotatable bonds is 5. The standard InChI is InChI=1S/C18H17F3OS/c1-13-8-10-15(11-9-13)23-17(2,12-16(22)18(19,20)21)14-6-4-3-5-7-14/h3-11H,12H2,1-2H3. The Morgan fingerprint density at radius 3 is 2.09 bits per heavy atom. The third-order valence-corrected chi connectivity index (χ3v) is 4.90. The van der Waals surface area contributed by atoms with E-state index < -0.39 is 23.1 Å². The lowest BCUT2D eigenvalue weighted by atomic mass is 9.94. The van der Waals surface area contributed by atoms with Gasteiger partial charge < -0.3 is 0 Å². The molecule has 1 unspecified atom stereocenters. The molecule has 0 fully saturated rings. The van der Waals surface area contributed by atoms with E-state index in [-0.39, 0.29) is 0 Å². The SMILES string of the molecule is Cc1ccc(SC(C)(CC(=O)C(F)(F)F)c2ccccc2)cc1. The predicted octanol–water partition coefficient (Wildman–Crippen LogP) is 5.52. The van der Waals surface area contributed by atoms with E-state index >= 15 is 0 Å². The van der Waals surface area contributed by atoms with Gasteiger partial charge in [-0.15, -0.1) is 11.8 Å². The molecule has 0 heterocycles. The number of alkyl halides is 3. The van der Waals surface area contributed by atoms with Crippen LogP contribution in [-0.2, 0) is 9.54 Å². The maximum Gasteiger partial charge on any atom is 0.450 e. The highest BCUT2D eigenvalue weighted by molar-refractivity contribution is 8.00. The van der Waals surface area contributed by atoms with E-state index in [1.54, 1.807) is 37.3 Å². The number of benzene rings is 2. The van der Waals surface area contributed by atoms with Crippen molar-refractivity contribution in [1.82, 2.24) is 0 Å². The summed E-state index contributed by atoms with van der Waals surface area (Å²) in [5, 5.41) is 0. The van der Waals surface area contributed by atoms with Crippen molar-refractivity contribution in [2.24, 2.45) is 0 Å². The topological polar surface area (TPSA) is 17.1 Å². The first-order valence-corrected chi connectivity index (χ1v) is 7.93. The summed E-state index contributed by atoms with van der Waals surface area (Å²) in [6, 6.07) is 16.4. The second-order valence-corrected chi connectivity index (χ2v) is 7.19. The van der Waals surface area contributed by atoms with Crippen LogP contribution in [0.15, 0.2) is 59.5 Å². The van der Waals surface area contributed by atoms with Gasteiger partial charge in [-0.2, -0.15) is 13.2 Å². The number of ketones is 1. The summed E-state index contributed by atoms with van der Waals surface area (Å²) in [5.41, 5.74) is 1.77. The Morgan fingerprint density at radius 1 is 1.00 bits per heavy atom. The average Bonchev–Trinajstić information content (AvgIpc) is 2.49. The Hall–Kier alpha value is -1.75. The molecular weight excluding hydrogens is 321 g/mol. The molecule has 0 aliphatic rings. The number of carbonyl (C=O) groups is 1. The van der Waals surface area contributed by atoms with E-state index in [1.165, 1.54) is 11.8 Å². The van der Waals surface area contributed by atoms with E-state index in [0.717, 1.165) is 10.5 Å². The van der Waals surface area contributed by atoms with Crippen LogP contribution in [0.2, 0.25) is 0 Å². The number of hydrogen-bond donors (Lipinski definition) is 0. The number of Topliss-reactive ketones (excluding diaryl/α,β-unsaturated/α-hetero) is 1. The molecule has 23 heavy (non-hydrogen) atoms. The Balaban J connectivity index is 2.35. The summed E-state index contributed by atoms with van der Waals surface area (Å²) in [5.74, 6) is -1.71. The minimum atomic E-state index is -4.82. The van der Waals surface area contributed by atoms with Crippen LogP contribution in [0.4, 0.5) is 13.2 Å². The largest absolute Gasteiger partial charge is 0.450 e. The van der Waals surface area contributed by atoms with Gasteiger partial charge in [0.05, 0.1) is 0 Å². The molecule has 5 heteroatoms. The molecule has 0 spiro atoms. The van der Waals surface area contributed by atoms with Crippen molar-refractivity contribution < 1.29 is 18.0 Å². The predicted molar refractivity (Wildman–Crippen MR) is 86.5 cm³/mol. The van der Waals surface area contributed by atoms with Crippen molar-refractivity contribution in [1.29, 1.82) is 0 Å². The van der Waals surface area contributed by atoms with Crippen LogP contribution in [0.3, 0.4) is 0 Å². The summed E-state index contributed by atoms with van der Waals surface area (Å²) in [6.07, 6.45) is -5.41. The Morgan fingerprint density at radius 2 is 1.57 bits per heavy atom. The van der Waals surface area contributed by atoms with Gasteiger partial charge in [0.15, 0.2) is 0 Å². The minimum absolute atomic E-state index is 0.598. The van der Waals surface area contributed by atoms with Gasteiger partial charge in [0.1, 0.15) is 0 Å². The molecule has 0 aromatic heterocycles. The van der Waals surface area contributed by atoms with E-state index in [0.29, 0.717) is 5.56 Å². The highest BCUT2D eigenvalue weighted by Gasteiger charge is 2.43. The van der Waals surface area contributed by atoms with Gasteiger partial charge in [-0.05, 0) is 31.5 Å². The molecule has 0 aliphatic heterocycles. The Bertz CT molecular complexity index is 665. The van der Waals surface area contributed by atoms with E-state index in [4.69, 9.17) is 0 Å². The molecule has 0 saturated carbocycles. The lowest BCUT2D eigenvalue weighted by Gasteiger charge is -2.29. The van der Waals surface area contributed by atoms with Crippen LogP contribution in [0.5, 0.6) is 0 Å². The monoisotopic (exact) mass is 338 g/mol. The molecule has 0 radical (unpaired) electrons. The van der Waals surface area contributed by atoms with Crippen molar-refractivity contribution in [3.05, 3.63) is 65.7 Å². The second-order valence-electron chi connectivity index (χ2n) is 5.61. The zero-order valence-electron chi connectivity index (χ0n) is 12.9. The lowest BCUT2D eigenvalue weighted by Crippen LogP contribution is -2.31. The molecule has 0 bridgehead atoms. The van der Waals surface area contributed by atoms with Crippen LogP contribution >= 0.6 is 11.8 Å². The van der Waals surface area contributed by atoms with Crippen LogP contribution in [0, 0.1) is 6.92 Å². The molecule has 0 amide bonds. The maximum absolute atomic E-state index is 12.7. The molecule has 1 nitrogen and oxygen atoms in total. The van der Waals surface area contributed by atoms with Crippen molar-refractivity contribution in [3.63, 3.8) is 0 Å². The fourth-order valence-corrected chi connectivity index (χ4v) is 3.51. The zero-order chi connectivity index (χ0) is 17.1.